The largest absolute Gasteiger partial charge is 0.404 e. The molecule has 0 fully saturated rings. The van der Waals surface area contributed by atoms with Crippen LogP contribution in [0.5, 0.6) is 11.9 Å². The second kappa shape index (κ2) is 5.59. The monoisotopic (exact) mass is 247 g/mol. The number of aryl methyl sites for hydroxylation is 1. The molecule has 0 bridgehead atoms. The van der Waals surface area contributed by atoms with E-state index in [2.05, 4.69) is 34.2 Å². The Hall–Kier alpha value is -1.95. The van der Waals surface area contributed by atoms with Crippen LogP contribution in [0.3, 0.4) is 0 Å². The summed E-state index contributed by atoms with van der Waals surface area (Å²) in [5.41, 5.74) is 1.12. The molecule has 0 saturated carbocycles. The predicted octanol–water partition coefficient (Wildman–Crippen LogP) is 1.67. The zero-order valence-corrected chi connectivity index (χ0v) is 10.8. The van der Waals surface area contributed by atoms with Crippen LogP contribution in [0, 0.1) is 0 Å². The van der Waals surface area contributed by atoms with E-state index in [0.717, 1.165) is 12.1 Å². The smallest absolute Gasteiger partial charge is 0.342 e. The van der Waals surface area contributed by atoms with Crippen LogP contribution in [0.2, 0.25) is 0 Å². The minimum atomic E-state index is 0.282. The molecule has 2 rings (SSSR count). The topological polar surface area (TPSA) is 64.9 Å². The molecule has 0 radical (unpaired) electrons. The molecule has 6 nitrogen and oxygen atoms in total. The van der Waals surface area contributed by atoms with Crippen LogP contribution in [0.25, 0.3) is 0 Å². The lowest BCUT2D eigenvalue weighted by Crippen LogP contribution is -2.17. The fraction of sp³-hybridized carbons (Fsp3) is 0.417. The Kier molecular flexibility index (Phi) is 3.88. The normalized spacial score (nSPS) is 12.4. The van der Waals surface area contributed by atoms with E-state index in [9.17, 15) is 0 Å². The van der Waals surface area contributed by atoms with Crippen molar-refractivity contribution in [3.05, 3.63) is 30.2 Å². The van der Waals surface area contributed by atoms with Crippen molar-refractivity contribution in [3.8, 4) is 11.9 Å². The molecule has 1 unspecified atom stereocenters. The van der Waals surface area contributed by atoms with Gasteiger partial charge in [-0.25, -0.2) is 4.98 Å². The SMILES string of the molecule is CCNC(C)c1ccc(Oc2ncn(C)n2)nc1. The molecule has 6 heteroatoms. The average Bonchev–Trinajstić information content (AvgIpc) is 2.76. The van der Waals surface area contributed by atoms with Gasteiger partial charge in [-0.1, -0.05) is 13.0 Å². The third-order valence-electron chi connectivity index (χ3n) is 2.54. The Balaban J connectivity index is 2.03. The molecular formula is C12H17N5O. The minimum absolute atomic E-state index is 0.282. The number of aromatic nitrogens is 4. The molecule has 0 aliphatic rings. The maximum absolute atomic E-state index is 5.42. The van der Waals surface area contributed by atoms with Gasteiger partial charge < -0.3 is 10.1 Å². The number of nitrogens with one attached hydrogen (secondary N) is 1. The van der Waals surface area contributed by atoms with Gasteiger partial charge in [0.25, 0.3) is 0 Å². The van der Waals surface area contributed by atoms with Gasteiger partial charge in [0, 0.05) is 25.4 Å². The van der Waals surface area contributed by atoms with Gasteiger partial charge in [0.15, 0.2) is 0 Å². The van der Waals surface area contributed by atoms with Gasteiger partial charge in [0.05, 0.1) is 0 Å². The Morgan fingerprint density at radius 2 is 2.22 bits per heavy atom. The summed E-state index contributed by atoms with van der Waals surface area (Å²) in [5, 5.41) is 7.35. The van der Waals surface area contributed by atoms with Gasteiger partial charge in [0.1, 0.15) is 6.33 Å². The highest BCUT2D eigenvalue weighted by Gasteiger charge is 2.06. The highest BCUT2D eigenvalue weighted by Crippen LogP contribution is 2.17. The Bertz CT molecular complexity index is 493. The first-order valence-electron chi connectivity index (χ1n) is 5.92. The van der Waals surface area contributed by atoms with Crippen LogP contribution in [0.15, 0.2) is 24.7 Å². The van der Waals surface area contributed by atoms with Crippen LogP contribution in [0.1, 0.15) is 25.5 Å². The minimum Gasteiger partial charge on any atom is -0.404 e. The summed E-state index contributed by atoms with van der Waals surface area (Å²) in [6.45, 7) is 5.10. The molecule has 2 heterocycles. The number of hydrogen-bond donors (Lipinski definition) is 1. The third kappa shape index (κ3) is 3.04. The van der Waals surface area contributed by atoms with Crippen molar-refractivity contribution in [1.29, 1.82) is 0 Å². The molecule has 0 aromatic carbocycles. The van der Waals surface area contributed by atoms with Gasteiger partial charge in [-0.3, -0.25) is 4.68 Å². The molecule has 1 N–H and O–H groups in total. The lowest BCUT2D eigenvalue weighted by Gasteiger charge is -2.12. The van der Waals surface area contributed by atoms with Crippen molar-refractivity contribution in [2.45, 2.75) is 19.9 Å². The van der Waals surface area contributed by atoms with E-state index in [1.54, 1.807) is 24.3 Å². The molecule has 96 valence electrons. The van der Waals surface area contributed by atoms with Crippen molar-refractivity contribution in [2.24, 2.45) is 7.05 Å². The summed E-state index contributed by atoms with van der Waals surface area (Å²) < 4.78 is 7.00. The summed E-state index contributed by atoms with van der Waals surface area (Å²) in [6.07, 6.45) is 3.38. The molecule has 0 amide bonds. The lowest BCUT2D eigenvalue weighted by molar-refractivity contribution is 0.421. The molecule has 2 aromatic heterocycles. The van der Waals surface area contributed by atoms with Crippen molar-refractivity contribution in [3.63, 3.8) is 0 Å². The Labute approximate surface area is 106 Å². The fourth-order valence-corrected chi connectivity index (χ4v) is 1.59. The zero-order chi connectivity index (χ0) is 13.0. The van der Waals surface area contributed by atoms with Crippen LogP contribution in [-0.2, 0) is 7.05 Å². The Morgan fingerprint density at radius 1 is 1.39 bits per heavy atom. The van der Waals surface area contributed by atoms with Crippen LogP contribution in [0.4, 0.5) is 0 Å². The standard InChI is InChI=1S/C12H17N5O/c1-4-13-9(2)10-5-6-11(14-7-10)18-12-15-8-17(3)16-12/h5-9,13H,4H2,1-3H3. The van der Waals surface area contributed by atoms with Gasteiger partial charge in [0.2, 0.25) is 5.88 Å². The van der Waals surface area contributed by atoms with E-state index in [0.29, 0.717) is 11.9 Å². The van der Waals surface area contributed by atoms with E-state index in [-0.39, 0.29) is 6.04 Å². The van der Waals surface area contributed by atoms with E-state index in [4.69, 9.17) is 4.74 Å². The first-order chi connectivity index (χ1) is 8.69. The molecule has 0 spiro atoms. The summed E-state index contributed by atoms with van der Waals surface area (Å²) in [7, 11) is 1.79. The highest BCUT2D eigenvalue weighted by molar-refractivity contribution is 5.22. The molecule has 0 aliphatic heterocycles. The molecule has 18 heavy (non-hydrogen) atoms. The van der Waals surface area contributed by atoms with Crippen LogP contribution < -0.4 is 10.1 Å². The van der Waals surface area contributed by atoms with E-state index < -0.39 is 0 Å². The maximum atomic E-state index is 5.42. The maximum Gasteiger partial charge on any atom is 0.342 e. The number of rotatable bonds is 5. The average molecular weight is 247 g/mol. The molecule has 1 atom stereocenters. The van der Waals surface area contributed by atoms with Crippen LogP contribution in [-0.4, -0.2) is 26.3 Å². The number of pyridine rings is 1. The van der Waals surface area contributed by atoms with Gasteiger partial charge >= 0.3 is 6.01 Å². The van der Waals surface area contributed by atoms with Gasteiger partial charge in [-0.05, 0) is 19.0 Å². The zero-order valence-electron chi connectivity index (χ0n) is 10.8. The summed E-state index contributed by atoms with van der Waals surface area (Å²) >= 11 is 0. The quantitative estimate of drug-likeness (QED) is 0.870. The van der Waals surface area contributed by atoms with Crippen molar-refractivity contribution < 1.29 is 4.74 Å². The molecule has 0 saturated heterocycles. The molecule has 0 aliphatic carbocycles. The Morgan fingerprint density at radius 3 is 2.78 bits per heavy atom. The van der Waals surface area contributed by atoms with Gasteiger partial charge in [-0.15, -0.1) is 5.10 Å². The highest BCUT2D eigenvalue weighted by atomic mass is 16.5. The number of nitrogens with zero attached hydrogens (tertiary/aromatic N) is 4. The third-order valence-corrected chi connectivity index (χ3v) is 2.54. The predicted molar refractivity (Wildman–Crippen MR) is 67.4 cm³/mol. The van der Waals surface area contributed by atoms with E-state index in [1.807, 2.05) is 12.1 Å². The summed E-state index contributed by atoms with van der Waals surface area (Å²) in [6, 6.07) is 4.39. The summed E-state index contributed by atoms with van der Waals surface area (Å²) in [4.78, 5) is 8.21. The second-order valence-electron chi connectivity index (χ2n) is 4.01. The molecular weight excluding hydrogens is 230 g/mol. The van der Waals surface area contributed by atoms with E-state index in [1.165, 1.54) is 0 Å². The first kappa shape index (κ1) is 12.5. The number of ether oxygens (including phenoxy) is 1. The first-order valence-corrected chi connectivity index (χ1v) is 5.92. The van der Waals surface area contributed by atoms with Crippen molar-refractivity contribution in [2.75, 3.05) is 6.54 Å². The van der Waals surface area contributed by atoms with Gasteiger partial charge in [-0.2, -0.15) is 4.98 Å². The second-order valence-corrected chi connectivity index (χ2v) is 4.01. The van der Waals surface area contributed by atoms with Crippen molar-refractivity contribution >= 4 is 0 Å². The molecule has 2 aromatic rings. The van der Waals surface area contributed by atoms with E-state index >= 15 is 0 Å². The van der Waals surface area contributed by atoms with Crippen LogP contribution >= 0.6 is 0 Å². The lowest BCUT2D eigenvalue weighted by atomic mass is 10.1. The fourth-order valence-electron chi connectivity index (χ4n) is 1.59. The summed E-state index contributed by atoms with van der Waals surface area (Å²) in [5.74, 6) is 0.494. The number of hydrogen-bond acceptors (Lipinski definition) is 5. The van der Waals surface area contributed by atoms with Crippen molar-refractivity contribution in [1.82, 2.24) is 25.1 Å².